The van der Waals surface area contributed by atoms with Gasteiger partial charge in [-0.1, -0.05) is 0 Å². The molecular weight excluding hydrogens is 269 g/mol. The van der Waals surface area contributed by atoms with E-state index in [9.17, 15) is 9.18 Å². The Hall–Kier alpha value is -1.62. The predicted molar refractivity (Wildman–Crippen MR) is 80.7 cm³/mol. The molecule has 0 radical (unpaired) electrons. The molecule has 21 heavy (non-hydrogen) atoms. The molecule has 1 amide bonds. The van der Waals surface area contributed by atoms with Crippen LogP contribution in [0, 0.1) is 5.82 Å². The first-order valence-electron chi connectivity index (χ1n) is 7.64. The van der Waals surface area contributed by atoms with Gasteiger partial charge in [0.15, 0.2) is 0 Å². The number of nitrogens with zero attached hydrogens (tertiary/aromatic N) is 2. The van der Waals surface area contributed by atoms with Gasteiger partial charge >= 0.3 is 0 Å². The fourth-order valence-electron chi connectivity index (χ4n) is 2.74. The number of likely N-dealkylation sites (N-methyl/N-ethyl adjacent to an activating group) is 1. The highest BCUT2D eigenvalue weighted by molar-refractivity contribution is 5.82. The molecular formula is C16H22FN3O. The van der Waals surface area contributed by atoms with Crippen LogP contribution in [0.5, 0.6) is 0 Å². The third-order valence-corrected chi connectivity index (χ3v) is 4.21. The van der Waals surface area contributed by atoms with Gasteiger partial charge in [0.1, 0.15) is 5.82 Å². The standard InChI is InChI=1S/C16H22FN3O/c1-19-7-2-8-20(11-16(19)21)15-6-3-13(17)9-12(15)10-18-14-4-5-14/h3,6,9,14,18H,2,4-5,7-8,10-11H2,1H3. The molecule has 1 saturated heterocycles. The summed E-state index contributed by atoms with van der Waals surface area (Å²) in [6, 6.07) is 5.45. The second-order valence-electron chi connectivity index (χ2n) is 6.02. The van der Waals surface area contributed by atoms with Gasteiger partial charge in [-0.25, -0.2) is 4.39 Å². The van der Waals surface area contributed by atoms with Gasteiger partial charge in [-0.05, 0) is 43.0 Å². The fraction of sp³-hybridized carbons (Fsp3) is 0.562. The number of hydrogen-bond donors (Lipinski definition) is 1. The van der Waals surface area contributed by atoms with Crippen LogP contribution in [0.25, 0.3) is 0 Å². The molecule has 0 atom stereocenters. The Kier molecular flexibility index (Phi) is 4.10. The van der Waals surface area contributed by atoms with Crippen LogP contribution < -0.4 is 10.2 Å². The van der Waals surface area contributed by atoms with Crippen molar-refractivity contribution in [3.05, 3.63) is 29.6 Å². The summed E-state index contributed by atoms with van der Waals surface area (Å²) in [6.07, 6.45) is 3.35. The zero-order valence-electron chi connectivity index (χ0n) is 12.4. The Morgan fingerprint density at radius 1 is 1.33 bits per heavy atom. The highest BCUT2D eigenvalue weighted by Crippen LogP contribution is 2.25. The monoisotopic (exact) mass is 291 g/mol. The highest BCUT2D eigenvalue weighted by Gasteiger charge is 2.23. The van der Waals surface area contributed by atoms with Crippen LogP contribution in [0.2, 0.25) is 0 Å². The summed E-state index contributed by atoms with van der Waals surface area (Å²) in [6.45, 7) is 2.65. The number of nitrogens with one attached hydrogen (secondary N) is 1. The SMILES string of the molecule is CN1CCCN(c2ccc(F)cc2CNC2CC2)CC1=O. The molecule has 114 valence electrons. The summed E-state index contributed by atoms with van der Waals surface area (Å²) >= 11 is 0. The molecule has 0 aromatic heterocycles. The summed E-state index contributed by atoms with van der Waals surface area (Å²) in [4.78, 5) is 15.9. The molecule has 2 fully saturated rings. The average molecular weight is 291 g/mol. The minimum Gasteiger partial charge on any atom is -0.362 e. The first-order chi connectivity index (χ1) is 10.1. The van der Waals surface area contributed by atoms with E-state index in [1.54, 1.807) is 17.0 Å². The van der Waals surface area contributed by atoms with Crippen LogP contribution in [-0.2, 0) is 11.3 Å². The normalized spacial score (nSPS) is 19.8. The first-order valence-corrected chi connectivity index (χ1v) is 7.64. The number of halogens is 1. The Morgan fingerprint density at radius 2 is 2.14 bits per heavy atom. The number of anilines is 1. The van der Waals surface area contributed by atoms with Crippen LogP contribution in [0.4, 0.5) is 10.1 Å². The molecule has 1 aromatic rings. The van der Waals surface area contributed by atoms with Gasteiger partial charge in [0, 0.05) is 38.4 Å². The summed E-state index contributed by atoms with van der Waals surface area (Å²) in [5.41, 5.74) is 1.92. The maximum atomic E-state index is 13.6. The van der Waals surface area contributed by atoms with Crippen molar-refractivity contribution in [3.8, 4) is 0 Å². The smallest absolute Gasteiger partial charge is 0.241 e. The maximum Gasteiger partial charge on any atom is 0.241 e. The maximum absolute atomic E-state index is 13.6. The Bertz CT molecular complexity index is 530. The Balaban J connectivity index is 1.80. The van der Waals surface area contributed by atoms with Crippen LogP contribution in [0.15, 0.2) is 18.2 Å². The molecule has 2 aliphatic rings. The molecule has 1 aliphatic carbocycles. The van der Waals surface area contributed by atoms with E-state index in [1.165, 1.54) is 18.9 Å². The zero-order chi connectivity index (χ0) is 14.8. The molecule has 1 N–H and O–H groups in total. The number of amides is 1. The molecule has 5 heteroatoms. The predicted octanol–water partition coefficient (Wildman–Crippen LogP) is 1.75. The first kappa shape index (κ1) is 14.3. The van der Waals surface area contributed by atoms with E-state index in [4.69, 9.17) is 0 Å². The molecule has 1 aromatic carbocycles. The molecule has 1 saturated carbocycles. The van der Waals surface area contributed by atoms with Gasteiger partial charge in [-0.2, -0.15) is 0 Å². The van der Waals surface area contributed by atoms with E-state index in [0.29, 0.717) is 19.1 Å². The van der Waals surface area contributed by atoms with Crippen molar-refractivity contribution < 1.29 is 9.18 Å². The fourth-order valence-corrected chi connectivity index (χ4v) is 2.74. The van der Waals surface area contributed by atoms with Crippen molar-refractivity contribution in [2.45, 2.75) is 31.8 Å². The van der Waals surface area contributed by atoms with E-state index in [0.717, 1.165) is 30.8 Å². The van der Waals surface area contributed by atoms with Gasteiger partial charge in [0.2, 0.25) is 5.91 Å². The van der Waals surface area contributed by atoms with Crippen molar-refractivity contribution in [3.63, 3.8) is 0 Å². The number of rotatable bonds is 4. The third-order valence-electron chi connectivity index (χ3n) is 4.21. The summed E-state index contributed by atoms with van der Waals surface area (Å²) < 4.78 is 13.6. The Morgan fingerprint density at radius 3 is 2.90 bits per heavy atom. The van der Waals surface area contributed by atoms with E-state index in [1.807, 2.05) is 7.05 Å². The molecule has 0 spiro atoms. The van der Waals surface area contributed by atoms with E-state index < -0.39 is 0 Å². The molecule has 1 heterocycles. The van der Waals surface area contributed by atoms with Gasteiger partial charge in [-0.15, -0.1) is 0 Å². The molecule has 4 nitrogen and oxygen atoms in total. The van der Waals surface area contributed by atoms with Crippen molar-refractivity contribution in [1.29, 1.82) is 0 Å². The van der Waals surface area contributed by atoms with Gasteiger partial charge in [0.05, 0.1) is 6.54 Å². The van der Waals surface area contributed by atoms with E-state index in [-0.39, 0.29) is 11.7 Å². The Labute approximate surface area is 124 Å². The lowest BCUT2D eigenvalue weighted by Crippen LogP contribution is -2.35. The average Bonchev–Trinajstić information content (AvgIpc) is 3.28. The van der Waals surface area contributed by atoms with Gasteiger partial charge < -0.3 is 15.1 Å². The van der Waals surface area contributed by atoms with Crippen LogP contribution >= 0.6 is 0 Å². The van der Waals surface area contributed by atoms with E-state index in [2.05, 4.69) is 10.2 Å². The van der Waals surface area contributed by atoms with Crippen molar-refractivity contribution in [2.75, 3.05) is 31.6 Å². The number of carbonyl (C=O) groups excluding carboxylic acids is 1. The number of benzene rings is 1. The lowest BCUT2D eigenvalue weighted by molar-refractivity contribution is -0.127. The molecule has 0 unspecified atom stereocenters. The second kappa shape index (κ2) is 6.02. The molecule has 0 bridgehead atoms. The summed E-state index contributed by atoms with van der Waals surface area (Å²) in [5, 5.41) is 3.43. The summed E-state index contributed by atoms with van der Waals surface area (Å²) in [5.74, 6) is -0.0949. The zero-order valence-corrected chi connectivity index (χ0v) is 12.4. The highest BCUT2D eigenvalue weighted by atomic mass is 19.1. The van der Waals surface area contributed by atoms with Gasteiger partial charge in [0.25, 0.3) is 0 Å². The van der Waals surface area contributed by atoms with E-state index >= 15 is 0 Å². The summed E-state index contributed by atoms with van der Waals surface area (Å²) in [7, 11) is 1.84. The number of hydrogen-bond acceptors (Lipinski definition) is 3. The quantitative estimate of drug-likeness (QED) is 0.918. The molecule has 1 aliphatic heterocycles. The van der Waals surface area contributed by atoms with Crippen LogP contribution in [0.3, 0.4) is 0 Å². The van der Waals surface area contributed by atoms with Crippen LogP contribution in [0.1, 0.15) is 24.8 Å². The van der Waals surface area contributed by atoms with Crippen molar-refractivity contribution >= 4 is 11.6 Å². The lowest BCUT2D eigenvalue weighted by Gasteiger charge is -2.25. The minimum absolute atomic E-state index is 0.123. The number of carbonyl (C=O) groups is 1. The lowest BCUT2D eigenvalue weighted by atomic mass is 10.1. The van der Waals surface area contributed by atoms with Crippen molar-refractivity contribution in [1.82, 2.24) is 10.2 Å². The van der Waals surface area contributed by atoms with Gasteiger partial charge in [-0.3, -0.25) is 4.79 Å². The topological polar surface area (TPSA) is 35.6 Å². The van der Waals surface area contributed by atoms with Crippen LogP contribution in [-0.4, -0.2) is 43.5 Å². The third kappa shape index (κ3) is 3.53. The second-order valence-corrected chi connectivity index (χ2v) is 6.02. The molecule has 3 rings (SSSR count). The largest absolute Gasteiger partial charge is 0.362 e. The van der Waals surface area contributed by atoms with Crippen molar-refractivity contribution in [2.24, 2.45) is 0 Å². The minimum atomic E-state index is -0.218.